The molecule has 0 unspecified atom stereocenters. The molecule has 1 aromatic heterocycles. The molecule has 1 heterocycles. The number of nitrogens with zero attached hydrogens (tertiary/aromatic N) is 2. The van der Waals surface area contributed by atoms with Crippen molar-refractivity contribution >= 4 is 27.7 Å². The molecule has 1 saturated carbocycles. The van der Waals surface area contributed by atoms with Crippen LogP contribution in [0.25, 0.3) is 0 Å². The predicted molar refractivity (Wildman–Crippen MR) is 90.6 cm³/mol. The zero-order valence-corrected chi connectivity index (χ0v) is 14.4. The van der Waals surface area contributed by atoms with Gasteiger partial charge in [-0.25, -0.2) is 4.39 Å². The van der Waals surface area contributed by atoms with Gasteiger partial charge in [-0.2, -0.15) is 5.10 Å². The van der Waals surface area contributed by atoms with Crippen molar-refractivity contribution in [3.63, 3.8) is 0 Å². The smallest absolute Gasteiger partial charge is 0.228 e. The molecule has 1 aromatic carbocycles. The third-order valence-corrected chi connectivity index (χ3v) is 4.81. The van der Waals surface area contributed by atoms with Gasteiger partial charge in [0.15, 0.2) is 5.82 Å². The standard InChI is InChI=1S/C17H19BrFN3O/c18-14-11-22(10-13-8-4-5-9-15(13)19)21-16(14)20-17(23)12-6-2-1-3-7-12/h4-5,8-9,11-12H,1-3,6-7,10H2,(H,20,21,23). The monoisotopic (exact) mass is 379 g/mol. The first-order chi connectivity index (χ1) is 11.1. The van der Waals surface area contributed by atoms with Gasteiger partial charge in [0.1, 0.15) is 5.82 Å². The highest BCUT2D eigenvalue weighted by Gasteiger charge is 2.22. The van der Waals surface area contributed by atoms with E-state index in [2.05, 4.69) is 26.3 Å². The van der Waals surface area contributed by atoms with E-state index in [9.17, 15) is 9.18 Å². The lowest BCUT2D eigenvalue weighted by molar-refractivity contribution is -0.120. The molecule has 3 rings (SSSR count). The van der Waals surface area contributed by atoms with Crippen LogP contribution in [0.15, 0.2) is 34.9 Å². The number of nitrogens with one attached hydrogen (secondary N) is 1. The molecule has 0 spiro atoms. The van der Waals surface area contributed by atoms with Crippen LogP contribution >= 0.6 is 15.9 Å². The molecule has 1 fully saturated rings. The van der Waals surface area contributed by atoms with E-state index in [1.807, 2.05) is 0 Å². The molecule has 1 aliphatic carbocycles. The van der Waals surface area contributed by atoms with Crippen LogP contribution in [0.2, 0.25) is 0 Å². The largest absolute Gasteiger partial charge is 0.308 e. The summed E-state index contributed by atoms with van der Waals surface area (Å²) in [6.07, 6.45) is 7.08. The number of carbonyl (C=O) groups is 1. The van der Waals surface area contributed by atoms with Gasteiger partial charge in [0, 0.05) is 17.7 Å². The van der Waals surface area contributed by atoms with E-state index in [4.69, 9.17) is 0 Å². The summed E-state index contributed by atoms with van der Waals surface area (Å²) >= 11 is 3.41. The Morgan fingerprint density at radius 2 is 2.04 bits per heavy atom. The van der Waals surface area contributed by atoms with Gasteiger partial charge in [-0.15, -0.1) is 0 Å². The summed E-state index contributed by atoms with van der Waals surface area (Å²) in [5.74, 6) is 0.345. The van der Waals surface area contributed by atoms with Crippen LogP contribution in [0.4, 0.5) is 10.2 Å². The molecular formula is C17H19BrFN3O. The van der Waals surface area contributed by atoms with Crippen molar-refractivity contribution in [1.82, 2.24) is 9.78 Å². The van der Waals surface area contributed by atoms with E-state index in [1.165, 1.54) is 12.5 Å². The summed E-state index contributed by atoms with van der Waals surface area (Å²) in [6, 6.07) is 6.61. The fourth-order valence-electron chi connectivity index (χ4n) is 2.95. The zero-order valence-electron chi connectivity index (χ0n) is 12.8. The molecule has 0 bridgehead atoms. The summed E-state index contributed by atoms with van der Waals surface area (Å²) in [5, 5.41) is 7.24. The first-order valence-electron chi connectivity index (χ1n) is 7.90. The molecule has 0 saturated heterocycles. The molecule has 0 atom stereocenters. The second-order valence-electron chi connectivity index (χ2n) is 5.94. The van der Waals surface area contributed by atoms with Crippen molar-refractivity contribution < 1.29 is 9.18 Å². The lowest BCUT2D eigenvalue weighted by Crippen LogP contribution is -2.25. The maximum absolute atomic E-state index is 13.7. The van der Waals surface area contributed by atoms with Crippen LogP contribution in [0, 0.1) is 11.7 Å². The second-order valence-corrected chi connectivity index (χ2v) is 6.79. The van der Waals surface area contributed by atoms with E-state index in [0.29, 0.717) is 22.4 Å². The molecule has 6 heteroatoms. The minimum atomic E-state index is -0.257. The van der Waals surface area contributed by atoms with E-state index in [1.54, 1.807) is 29.1 Å². The van der Waals surface area contributed by atoms with Crippen LogP contribution in [-0.2, 0) is 11.3 Å². The number of amides is 1. The fourth-order valence-corrected chi connectivity index (χ4v) is 3.36. The number of carbonyl (C=O) groups excluding carboxylic acids is 1. The lowest BCUT2D eigenvalue weighted by Gasteiger charge is -2.20. The Morgan fingerprint density at radius 1 is 1.30 bits per heavy atom. The maximum Gasteiger partial charge on any atom is 0.228 e. The highest BCUT2D eigenvalue weighted by molar-refractivity contribution is 9.10. The number of hydrogen-bond acceptors (Lipinski definition) is 2. The SMILES string of the molecule is O=C(Nc1nn(Cc2ccccc2F)cc1Br)C1CCCCC1. The number of hydrogen-bond donors (Lipinski definition) is 1. The maximum atomic E-state index is 13.7. The summed E-state index contributed by atoms with van der Waals surface area (Å²) < 4.78 is 16.0. The molecule has 1 amide bonds. The third kappa shape index (κ3) is 3.99. The highest BCUT2D eigenvalue weighted by Crippen LogP contribution is 2.27. The van der Waals surface area contributed by atoms with Gasteiger partial charge < -0.3 is 5.32 Å². The summed E-state index contributed by atoms with van der Waals surface area (Å²) in [4.78, 5) is 12.3. The normalized spacial score (nSPS) is 15.6. The number of anilines is 1. The molecular weight excluding hydrogens is 361 g/mol. The Kier molecular flexibility index (Phi) is 5.10. The van der Waals surface area contributed by atoms with Crippen molar-refractivity contribution in [3.05, 3.63) is 46.3 Å². The lowest BCUT2D eigenvalue weighted by atomic mass is 9.89. The van der Waals surface area contributed by atoms with E-state index in [0.717, 1.165) is 25.7 Å². The molecule has 4 nitrogen and oxygen atoms in total. The Hall–Kier alpha value is -1.69. The third-order valence-electron chi connectivity index (χ3n) is 4.22. The van der Waals surface area contributed by atoms with Gasteiger partial charge in [-0.05, 0) is 34.8 Å². The molecule has 1 aliphatic rings. The first kappa shape index (κ1) is 16.2. The van der Waals surface area contributed by atoms with Gasteiger partial charge >= 0.3 is 0 Å². The molecule has 1 N–H and O–H groups in total. The summed E-state index contributed by atoms with van der Waals surface area (Å²) in [7, 11) is 0. The van der Waals surface area contributed by atoms with Crippen molar-refractivity contribution in [3.8, 4) is 0 Å². The molecule has 2 aromatic rings. The van der Waals surface area contributed by atoms with Crippen molar-refractivity contribution in [2.24, 2.45) is 5.92 Å². The minimum absolute atomic E-state index is 0.0292. The van der Waals surface area contributed by atoms with Gasteiger partial charge in [0.25, 0.3) is 0 Å². The van der Waals surface area contributed by atoms with Gasteiger partial charge in [0.2, 0.25) is 5.91 Å². The Labute approximate surface area is 143 Å². The van der Waals surface area contributed by atoms with Crippen molar-refractivity contribution in [2.45, 2.75) is 38.6 Å². The summed E-state index contributed by atoms with van der Waals surface area (Å²) in [6.45, 7) is 0.324. The van der Waals surface area contributed by atoms with Crippen LogP contribution < -0.4 is 5.32 Å². The van der Waals surface area contributed by atoms with Crippen LogP contribution in [0.5, 0.6) is 0 Å². The van der Waals surface area contributed by atoms with Crippen molar-refractivity contribution in [1.29, 1.82) is 0 Å². The van der Waals surface area contributed by atoms with E-state index < -0.39 is 0 Å². The predicted octanol–water partition coefficient (Wildman–Crippen LogP) is 4.35. The Balaban J connectivity index is 1.68. The van der Waals surface area contributed by atoms with Gasteiger partial charge in [0.05, 0.1) is 11.0 Å². The number of aromatic nitrogens is 2. The minimum Gasteiger partial charge on any atom is -0.308 e. The Morgan fingerprint density at radius 3 is 2.78 bits per heavy atom. The molecule has 0 aliphatic heterocycles. The van der Waals surface area contributed by atoms with Gasteiger partial charge in [-0.1, -0.05) is 37.5 Å². The average Bonchev–Trinajstić information content (AvgIpc) is 2.90. The van der Waals surface area contributed by atoms with Crippen LogP contribution in [0.3, 0.4) is 0 Å². The highest BCUT2D eigenvalue weighted by atomic mass is 79.9. The Bertz CT molecular complexity index is 695. The molecule has 23 heavy (non-hydrogen) atoms. The van der Waals surface area contributed by atoms with Crippen molar-refractivity contribution in [2.75, 3.05) is 5.32 Å². The van der Waals surface area contributed by atoms with E-state index >= 15 is 0 Å². The number of rotatable bonds is 4. The quantitative estimate of drug-likeness (QED) is 0.857. The second kappa shape index (κ2) is 7.25. The fraction of sp³-hybridized carbons (Fsp3) is 0.412. The number of halogens is 2. The first-order valence-corrected chi connectivity index (χ1v) is 8.70. The zero-order chi connectivity index (χ0) is 16.2. The number of benzene rings is 1. The molecule has 122 valence electrons. The topological polar surface area (TPSA) is 46.9 Å². The average molecular weight is 380 g/mol. The summed E-state index contributed by atoms with van der Waals surface area (Å²) in [5.41, 5.74) is 0.563. The van der Waals surface area contributed by atoms with Crippen LogP contribution in [-0.4, -0.2) is 15.7 Å². The van der Waals surface area contributed by atoms with Gasteiger partial charge in [-0.3, -0.25) is 9.48 Å². The van der Waals surface area contributed by atoms with Crippen LogP contribution in [0.1, 0.15) is 37.7 Å². The van der Waals surface area contributed by atoms with E-state index in [-0.39, 0.29) is 17.6 Å². The molecule has 0 radical (unpaired) electrons.